The Morgan fingerprint density at radius 2 is 2.00 bits per heavy atom. The van der Waals surface area contributed by atoms with Crippen molar-refractivity contribution in [1.29, 1.82) is 5.26 Å². The number of nitriles is 1. The average Bonchev–Trinajstić information content (AvgIpc) is 3.01. The van der Waals surface area contributed by atoms with Gasteiger partial charge in [-0.2, -0.15) is 5.26 Å². The quantitative estimate of drug-likeness (QED) is 0.819. The first-order valence-corrected chi connectivity index (χ1v) is 8.04. The highest BCUT2D eigenvalue weighted by Crippen LogP contribution is 2.33. The van der Waals surface area contributed by atoms with Crippen LogP contribution in [-0.2, 0) is 15.1 Å². The summed E-state index contributed by atoms with van der Waals surface area (Å²) in [5.41, 5.74) is -1.82. The van der Waals surface area contributed by atoms with E-state index in [9.17, 15) is 20.0 Å². The highest BCUT2D eigenvalue weighted by molar-refractivity contribution is 5.95. The minimum atomic E-state index is -2.08. The molecule has 2 amide bonds. The number of aliphatic hydroxyl groups is 1. The Morgan fingerprint density at radius 3 is 2.48 bits per heavy atom. The maximum atomic E-state index is 12.9. The van der Waals surface area contributed by atoms with Crippen LogP contribution in [0.5, 0.6) is 5.75 Å². The Hall–Kier alpha value is -2.59. The Morgan fingerprint density at radius 1 is 1.40 bits per heavy atom. The van der Waals surface area contributed by atoms with Crippen LogP contribution >= 0.6 is 0 Å². The number of nitrogens with zero attached hydrogens (tertiary/aromatic N) is 2. The van der Waals surface area contributed by atoms with Crippen LogP contribution in [0.2, 0.25) is 0 Å². The monoisotopic (exact) mass is 346 g/mol. The van der Waals surface area contributed by atoms with E-state index in [1.54, 1.807) is 12.1 Å². The third-order valence-electron chi connectivity index (χ3n) is 4.61. The molecule has 7 nitrogen and oxygen atoms in total. The van der Waals surface area contributed by atoms with Gasteiger partial charge in [-0.05, 0) is 30.5 Å². The molecular weight excluding hydrogens is 324 g/mol. The van der Waals surface area contributed by atoms with E-state index in [1.165, 1.54) is 26.2 Å². The second kappa shape index (κ2) is 7.11. The van der Waals surface area contributed by atoms with Crippen LogP contribution < -0.4 is 4.74 Å². The number of hydrogen-bond acceptors (Lipinski definition) is 6. The molecule has 1 saturated heterocycles. The molecule has 25 heavy (non-hydrogen) atoms. The molecule has 0 aliphatic carbocycles. The fourth-order valence-electron chi connectivity index (χ4n) is 2.82. The summed E-state index contributed by atoms with van der Waals surface area (Å²) in [7, 11) is 1.50. The number of rotatable bonds is 5. The van der Waals surface area contributed by atoms with Crippen LogP contribution in [0.4, 0.5) is 4.79 Å². The zero-order valence-electron chi connectivity index (χ0n) is 14.7. The van der Waals surface area contributed by atoms with E-state index in [2.05, 4.69) is 0 Å². The molecule has 1 heterocycles. The molecular formula is C18H22N2O5. The van der Waals surface area contributed by atoms with Gasteiger partial charge in [0, 0.05) is 0 Å². The molecule has 1 fully saturated rings. The van der Waals surface area contributed by atoms with E-state index in [-0.39, 0.29) is 18.1 Å². The van der Waals surface area contributed by atoms with E-state index in [0.29, 0.717) is 5.75 Å². The van der Waals surface area contributed by atoms with Crippen molar-refractivity contribution >= 4 is 12.0 Å². The number of methoxy groups -OCH3 is 1. The van der Waals surface area contributed by atoms with Crippen LogP contribution in [-0.4, -0.2) is 41.8 Å². The minimum Gasteiger partial charge on any atom is -0.497 e. The molecule has 1 aromatic rings. The number of amides is 2. The number of ether oxygens (including phenoxy) is 2. The molecule has 1 N–H and O–H groups in total. The number of hydrogen-bond donors (Lipinski definition) is 1. The molecule has 0 radical (unpaired) electrons. The van der Waals surface area contributed by atoms with Crippen molar-refractivity contribution in [1.82, 2.24) is 4.90 Å². The molecule has 0 unspecified atom stereocenters. The van der Waals surface area contributed by atoms with Gasteiger partial charge in [0.15, 0.2) is 5.60 Å². The van der Waals surface area contributed by atoms with E-state index in [4.69, 9.17) is 9.47 Å². The maximum absolute atomic E-state index is 12.9. The SMILES string of the molecule is COc1ccc([C@@](O)(C#N)[C@@H](C)C(=O)N2C(=O)OC[C@@H]2C(C)C)cc1. The number of imide groups is 1. The summed E-state index contributed by atoms with van der Waals surface area (Å²) in [6, 6.07) is 7.62. The van der Waals surface area contributed by atoms with E-state index in [0.717, 1.165) is 4.90 Å². The van der Waals surface area contributed by atoms with Gasteiger partial charge in [-0.15, -0.1) is 0 Å². The smallest absolute Gasteiger partial charge is 0.416 e. The fourth-order valence-corrected chi connectivity index (χ4v) is 2.82. The predicted octanol–water partition coefficient (Wildman–Crippen LogP) is 2.05. The average molecular weight is 346 g/mol. The number of cyclic esters (lactones) is 1. The van der Waals surface area contributed by atoms with Gasteiger partial charge in [-0.3, -0.25) is 4.79 Å². The van der Waals surface area contributed by atoms with Crippen LogP contribution in [0.25, 0.3) is 0 Å². The first-order valence-electron chi connectivity index (χ1n) is 8.04. The van der Waals surface area contributed by atoms with Crippen LogP contribution in [0.15, 0.2) is 24.3 Å². The van der Waals surface area contributed by atoms with E-state index in [1.807, 2.05) is 19.9 Å². The first kappa shape index (κ1) is 18.7. The summed E-state index contributed by atoms with van der Waals surface area (Å²) in [4.78, 5) is 25.8. The van der Waals surface area contributed by atoms with Crippen molar-refractivity contribution in [2.45, 2.75) is 32.4 Å². The number of carbonyl (C=O) groups is 2. The highest BCUT2D eigenvalue weighted by atomic mass is 16.6. The second-order valence-corrected chi connectivity index (χ2v) is 6.42. The van der Waals surface area contributed by atoms with Gasteiger partial charge >= 0.3 is 6.09 Å². The maximum Gasteiger partial charge on any atom is 0.416 e. The second-order valence-electron chi connectivity index (χ2n) is 6.42. The molecule has 0 saturated carbocycles. The molecule has 7 heteroatoms. The molecule has 2 rings (SSSR count). The lowest BCUT2D eigenvalue weighted by Crippen LogP contribution is -2.49. The van der Waals surface area contributed by atoms with Gasteiger partial charge in [-0.25, -0.2) is 9.69 Å². The van der Waals surface area contributed by atoms with Crippen molar-refractivity contribution in [3.8, 4) is 11.8 Å². The number of benzene rings is 1. The van der Waals surface area contributed by atoms with Gasteiger partial charge in [-0.1, -0.05) is 26.0 Å². The van der Waals surface area contributed by atoms with Gasteiger partial charge in [0.2, 0.25) is 5.91 Å². The minimum absolute atomic E-state index is 0.00114. The van der Waals surface area contributed by atoms with Crippen LogP contribution in [0.1, 0.15) is 26.3 Å². The standard InChI is InChI=1S/C18H22N2O5/c1-11(2)15-9-25-17(22)20(15)16(21)12(3)18(23,10-19)13-5-7-14(24-4)8-6-13/h5-8,11-12,15,23H,9H2,1-4H3/t12-,15+,18+/m0/s1. The summed E-state index contributed by atoms with van der Waals surface area (Å²) < 4.78 is 10.0. The van der Waals surface area contributed by atoms with Crippen molar-refractivity contribution < 1.29 is 24.2 Å². The summed E-state index contributed by atoms with van der Waals surface area (Å²) in [6.07, 6.45) is -0.745. The lowest BCUT2D eigenvalue weighted by atomic mass is 9.82. The van der Waals surface area contributed by atoms with Crippen molar-refractivity contribution in [3.05, 3.63) is 29.8 Å². The largest absolute Gasteiger partial charge is 0.497 e. The van der Waals surface area contributed by atoms with Gasteiger partial charge in [0.05, 0.1) is 19.1 Å². The van der Waals surface area contributed by atoms with Crippen LogP contribution in [0.3, 0.4) is 0 Å². The lowest BCUT2D eigenvalue weighted by Gasteiger charge is -2.31. The highest BCUT2D eigenvalue weighted by Gasteiger charge is 2.48. The summed E-state index contributed by atoms with van der Waals surface area (Å²) in [6.45, 7) is 5.29. The third-order valence-corrected chi connectivity index (χ3v) is 4.61. The zero-order chi connectivity index (χ0) is 18.8. The molecule has 134 valence electrons. The molecule has 1 aliphatic heterocycles. The first-order chi connectivity index (χ1) is 11.8. The molecule has 0 aromatic heterocycles. The Kier molecular flexibility index (Phi) is 5.33. The van der Waals surface area contributed by atoms with Crippen molar-refractivity contribution in [2.75, 3.05) is 13.7 Å². The Balaban J connectivity index is 2.34. The van der Waals surface area contributed by atoms with Crippen molar-refractivity contribution in [3.63, 3.8) is 0 Å². The van der Waals surface area contributed by atoms with Crippen LogP contribution in [0, 0.1) is 23.2 Å². The third kappa shape index (κ3) is 3.30. The van der Waals surface area contributed by atoms with Crippen molar-refractivity contribution in [2.24, 2.45) is 11.8 Å². The van der Waals surface area contributed by atoms with Gasteiger partial charge < -0.3 is 14.6 Å². The normalized spacial score (nSPS) is 20.6. The zero-order valence-corrected chi connectivity index (χ0v) is 14.7. The molecule has 0 bridgehead atoms. The lowest BCUT2D eigenvalue weighted by molar-refractivity contribution is -0.140. The Labute approximate surface area is 146 Å². The Bertz CT molecular complexity index is 694. The number of carbonyl (C=O) groups excluding carboxylic acids is 2. The summed E-state index contributed by atoms with van der Waals surface area (Å²) in [5, 5.41) is 20.4. The van der Waals surface area contributed by atoms with Gasteiger partial charge in [0.1, 0.15) is 18.4 Å². The molecule has 1 aliphatic rings. The topological polar surface area (TPSA) is 99.9 Å². The molecule has 0 spiro atoms. The van der Waals surface area contributed by atoms with E-state index >= 15 is 0 Å². The van der Waals surface area contributed by atoms with Gasteiger partial charge in [0.25, 0.3) is 0 Å². The summed E-state index contributed by atoms with van der Waals surface area (Å²) in [5.74, 6) is -1.23. The fraction of sp³-hybridized carbons (Fsp3) is 0.500. The molecule has 1 aromatic carbocycles. The predicted molar refractivity (Wildman–Crippen MR) is 88.5 cm³/mol. The van der Waals surface area contributed by atoms with E-state index < -0.39 is 29.6 Å². The summed E-state index contributed by atoms with van der Waals surface area (Å²) >= 11 is 0. The molecule has 3 atom stereocenters.